The third-order valence-corrected chi connectivity index (χ3v) is 5.44. The van der Waals surface area contributed by atoms with Gasteiger partial charge in [0, 0.05) is 29.8 Å². The van der Waals surface area contributed by atoms with E-state index in [4.69, 9.17) is 4.98 Å². The highest BCUT2D eigenvalue weighted by Crippen LogP contribution is 2.32. The molecule has 0 amide bonds. The molecule has 0 aliphatic carbocycles. The van der Waals surface area contributed by atoms with E-state index in [1.54, 1.807) is 0 Å². The predicted molar refractivity (Wildman–Crippen MR) is 105 cm³/mol. The summed E-state index contributed by atoms with van der Waals surface area (Å²) in [6.07, 6.45) is 2.15. The minimum atomic E-state index is 0.475. The SMILES string of the molecule is Cc1nnc(N2CCC(c3nc4ccccc4[nH]3)CC2)c2ccccc12. The Labute approximate surface area is 152 Å². The number of nitrogens with one attached hydrogen (secondary N) is 1. The van der Waals surface area contributed by atoms with Crippen LogP contribution in [0.25, 0.3) is 21.8 Å². The topological polar surface area (TPSA) is 57.7 Å². The zero-order chi connectivity index (χ0) is 17.5. The van der Waals surface area contributed by atoms with Crippen molar-refractivity contribution in [1.29, 1.82) is 0 Å². The first-order chi connectivity index (χ1) is 12.8. The Bertz CT molecular complexity index is 1040. The maximum Gasteiger partial charge on any atom is 0.159 e. The van der Waals surface area contributed by atoms with Crippen LogP contribution in [-0.2, 0) is 0 Å². The van der Waals surface area contributed by atoms with Crippen molar-refractivity contribution >= 4 is 27.6 Å². The number of benzene rings is 2. The van der Waals surface area contributed by atoms with Crippen LogP contribution in [0.4, 0.5) is 5.82 Å². The monoisotopic (exact) mass is 343 g/mol. The molecule has 3 heterocycles. The first-order valence-electron chi connectivity index (χ1n) is 9.21. The highest BCUT2D eigenvalue weighted by atomic mass is 15.3. The summed E-state index contributed by atoms with van der Waals surface area (Å²) in [5.41, 5.74) is 3.17. The predicted octanol–water partition coefficient (Wildman–Crippen LogP) is 4.20. The number of aromatic nitrogens is 4. The van der Waals surface area contributed by atoms with Crippen molar-refractivity contribution in [3.05, 3.63) is 60.0 Å². The van der Waals surface area contributed by atoms with Crippen LogP contribution in [0.5, 0.6) is 0 Å². The van der Waals surface area contributed by atoms with Crippen molar-refractivity contribution in [2.75, 3.05) is 18.0 Å². The lowest BCUT2D eigenvalue weighted by Crippen LogP contribution is -2.34. The molecule has 5 heteroatoms. The molecule has 2 aromatic heterocycles. The summed E-state index contributed by atoms with van der Waals surface area (Å²) in [6.45, 7) is 3.97. The lowest BCUT2D eigenvalue weighted by Gasteiger charge is -2.32. The first kappa shape index (κ1) is 15.3. The number of hydrogen-bond acceptors (Lipinski definition) is 4. The Morgan fingerprint density at radius 3 is 2.46 bits per heavy atom. The third-order valence-electron chi connectivity index (χ3n) is 5.44. The van der Waals surface area contributed by atoms with E-state index >= 15 is 0 Å². The summed E-state index contributed by atoms with van der Waals surface area (Å²) in [6, 6.07) is 16.7. The van der Waals surface area contributed by atoms with E-state index in [2.05, 4.69) is 56.5 Å². The molecule has 0 bridgehead atoms. The average molecular weight is 343 g/mol. The molecule has 0 atom stereocenters. The Morgan fingerprint density at radius 1 is 0.923 bits per heavy atom. The van der Waals surface area contributed by atoms with Crippen LogP contribution in [0.3, 0.4) is 0 Å². The minimum Gasteiger partial charge on any atom is -0.355 e. The highest BCUT2D eigenvalue weighted by Gasteiger charge is 2.25. The Hall–Kier alpha value is -2.95. The second-order valence-electron chi connectivity index (χ2n) is 7.06. The molecule has 5 nitrogen and oxygen atoms in total. The number of imidazole rings is 1. The van der Waals surface area contributed by atoms with E-state index in [1.165, 1.54) is 10.8 Å². The molecule has 4 aromatic rings. The van der Waals surface area contributed by atoms with Gasteiger partial charge >= 0.3 is 0 Å². The molecule has 1 N–H and O–H groups in total. The number of H-pyrrole nitrogens is 1. The van der Waals surface area contributed by atoms with Gasteiger partial charge in [0.05, 0.1) is 16.7 Å². The number of hydrogen-bond donors (Lipinski definition) is 1. The molecule has 1 aliphatic heterocycles. The highest BCUT2D eigenvalue weighted by molar-refractivity contribution is 5.93. The van der Waals surface area contributed by atoms with Crippen LogP contribution in [0, 0.1) is 6.92 Å². The van der Waals surface area contributed by atoms with E-state index in [9.17, 15) is 0 Å². The third kappa shape index (κ3) is 2.51. The number of rotatable bonds is 2. The zero-order valence-electron chi connectivity index (χ0n) is 14.8. The van der Waals surface area contributed by atoms with E-state index in [0.29, 0.717) is 5.92 Å². The molecular formula is C21H21N5. The number of aryl methyl sites for hydroxylation is 1. The molecule has 5 rings (SSSR count). The fourth-order valence-corrected chi connectivity index (χ4v) is 3.99. The van der Waals surface area contributed by atoms with Crippen LogP contribution >= 0.6 is 0 Å². The molecule has 26 heavy (non-hydrogen) atoms. The molecule has 0 radical (unpaired) electrons. The normalized spacial score (nSPS) is 15.8. The maximum absolute atomic E-state index is 4.79. The van der Waals surface area contributed by atoms with Crippen molar-refractivity contribution in [2.45, 2.75) is 25.7 Å². The van der Waals surface area contributed by atoms with Gasteiger partial charge in [0.2, 0.25) is 0 Å². The van der Waals surface area contributed by atoms with Gasteiger partial charge in [-0.25, -0.2) is 4.98 Å². The molecule has 0 saturated carbocycles. The summed E-state index contributed by atoms with van der Waals surface area (Å²) in [7, 11) is 0. The molecule has 0 spiro atoms. The molecule has 130 valence electrons. The van der Waals surface area contributed by atoms with Gasteiger partial charge in [-0.2, -0.15) is 5.10 Å². The van der Waals surface area contributed by atoms with Crippen molar-refractivity contribution in [1.82, 2.24) is 20.2 Å². The van der Waals surface area contributed by atoms with Crippen molar-refractivity contribution in [3.8, 4) is 0 Å². The fourth-order valence-electron chi connectivity index (χ4n) is 3.99. The standard InChI is InChI=1S/C21H21N5/c1-14-16-6-2-3-7-17(16)21(25-24-14)26-12-10-15(11-13-26)20-22-18-8-4-5-9-19(18)23-20/h2-9,15H,10-13H2,1H3,(H,22,23). The summed E-state index contributed by atoms with van der Waals surface area (Å²) in [5.74, 6) is 2.60. The molecule has 2 aromatic carbocycles. The summed E-state index contributed by atoms with van der Waals surface area (Å²) in [5, 5.41) is 11.3. The molecule has 1 aliphatic rings. The van der Waals surface area contributed by atoms with Gasteiger partial charge in [-0.05, 0) is 31.9 Å². The van der Waals surface area contributed by atoms with Crippen LogP contribution in [0.2, 0.25) is 0 Å². The van der Waals surface area contributed by atoms with E-state index in [-0.39, 0.29) is 0 Å². The number of nitrogens with zero attached hydrogens (tertiary/aromatic N) is 4. The maximum atomic E-state index is 4.79. The minimum absolute atomic E-state index is 0.475. The quantitative estimate of drug-likeness (QED) is 0.593. The van der Waals surface area contributed by atoms with E-state index in [0.717, 1.165) is 54.3 Å². The van der Waals surface area contributed by atoms with Gasteiger partial charge in [-0.15, -0.1) is 5.10 Å². The second-order valence-corrected chi connectivity index (χ2v) is 7.06. The van der Waals surface area contributed by atoms with Crippen LogP contribution in [-0.4, -0.2) is 33.3 Å². The molecule has 1 saturated heterocycles. The van der Waals surface area contributed by atoms with E-state index < -0.39 is 0 Å². The van der Waals surface area contributed by atoms with Gasteiger partial charge in [-0.1, -0.05) is 36.4 Å². The van der Waals surface area contributed by atoms with Gasteiger partial charge in [0.25, 0.3) is 0 Å². The second kappa shape index (κ2) is 6.09. The summed E-state index contributed by atoms with van der Waals surface area (Å²) in [4.78, 5) is 10.7. The number of fused-ring (bicyclic) bond motifs is 2. The fraction of sp³-hybridized carbons (Fsp3) is 0.286. The van der Waals surface area contributed by atoms with Gasteiger partial charge in [-0.3, -0.25) is 0 Å². The molecule has 1 fully saturated rings. The lowest BCUT2D eigenvalue weighted by atomic mass is 9.96. The lowest BCUT2D eigenvalue weighted by molar-refractivity contribution is 0.487. The number of piperidine rings is 1. The van der Waals surface area contributed by atoms with Crippen LogP contribution < -0.4 is 4.90 Å². The number of anilines is 1. The molecular weight excluding hydrogens is 322 g/mol. The molecule has 0 unspecified atom stereocenters. The van der Waals surface area contributed by atoms with E-state index in [1.807, 2.05) is 19.1 Å². The summed E-state index contributed by atoms with van der Waals surface area (Å²) >= 11 is 0. The van der Waals surface area contributed by atoms with Gasteiger partial charge < -0.3 is 9.88 Å². The van der Waals surface area contributed by atoms with Crippen molar-refractivity contribution in [2.24, 2.45) is 0 Å². The zero-order valence-corrected chi connectivity index (χ0v) is 14.8. The van der Waals surface area contributed by atoms with Gasteiger partial charge in [0.1, 0.15) is 5.82 Å². The number of aromatic amines is 1. The Kier molecular flexibility index (Phi) is 3.59. The van der Waals surface area contributed by atoms with Crippen molar-refractivity contribution in [3.63, 3.8) is 0 Å². The van der Waals surface area contributed by atoms with Crippen LogP contribution in [0.15, 0.2) is 48.5 Å². The average Bonchev–Trinajstić information content (AvgIpc) is 3.13. The smallest absolute Gasteiger partial charge is 0.159 e. The largest absolute Gasteiger partial charge is 0.355 e. The Balaban J connectivity index is 1.40. The Morgan fingerprint density at radius 2 is 1.65 bits per heavy atom. The van der Waals surface area contributed by atoms with Crippen molar-refractivity contribution < 1.29 is 0 Å². The first-order valence-corrected chi connectivity index (χ1v) is 9.21. The summed E-state index contributed by atoms with van der Waals surface area (Å²) < 4.78 is 0. The number of para-hydroxylation sites is 2. The van der Waals surface area contributed by atoms with Crippen LogP contribution in [0.1, 0.15) is 30.3 Å². The van der Waals surface area contributed by atoms with Gasteiger partial charge in [0.15, 0.2) is 5.82 Å².